The summed E-state index contributed by atoms with van der Waals surface area (Å²) in [5.41, 5.74) is 1.13. The van der Waals surface area contributed by atoms with E-state index in [1.165, 1.54) is 6.07 Å². The highest BCUT2D eigenvalue weighted by molar-refractivity contribution is 14.1. The lowest BCUT2D eigenvalue weighted by molar-refractivity contribution is 0.146. The van der Waals surface area contributed by atoms with E-state index >= 15 is 0 Å². The number of nitrogens with one attached hydrogen (secondary N) is 1. The average Bonchev–Trinajstić information content (AvgIpc) is 2.29. The van der Waals surface area contributed by atoms with Crippen LogP contribution in [0.25, 0.3) is 10.9 Å². The van der Waals surface area contributed by atoms with Gasteiger partial charge in [-0.2, -0.15) is 0 Å². The molecule has 0 unspecified atom stereocenters. The predicted octanol–water partition coefficient (Wildman–Crippen LogP) is 4.21. The Morgan fingerprint density at radius 2 is 2.12 bits per heavy atom. The van der Waals surface area contributed by atoms with Crippen LogP contribution < -0.4 is 5.32 Å². The minimum Gasteiger partial charge on any atom is -0.385 e. The summed E-state index contributed by atoms with van der Waals surface area (Å²) in [6.45, 7) is 2.62. The molecular weight excluding hydrogens is 337 g/mol. The van der Waals surface area contributed by atoms with E-state index in [4.69, 9.17) is 0 Å². The molecule has 2 aromatic rings. The molecule has 1 aromatic carbocycles. The van der Waals surface area contributed by atoms with Gasteiger partial charge in [-0.1, -0.05) is 0 Å². The van der Waals surface area contributed by atoms with E-state index in [1.807, 2.05) is 19.1 Å². The molecular formula is C12H11F2IN2. The molecule has 0 saturated carbocycles. The molecule has 1 N–H and O–H groups in total. The first-order valence-electron chi connectivity index (χ1n) is 5.24. The summed E-state index contributed by atoms with van der Waals surface area (Å²) < 4.78 is 26.5. The van der Waals surface area contributed by atoms with Crippen molar-refractivity contribution in [1.29, 1.82) is 0 Å². The number of benzene rings is 1. The van der Waals surface area contributed by atoms with Crippen LogP contribution in [0.1, 0.15) is 19.0 Å². The van der Waals surface area contributed by atoms with E-state index < -0.39 is 6.43 Å². The maximum atomic E-state index is 12.7. The van der Waals surface area contributed by atoms with E-state index in [2.05, 4.69) is 32.9 Å². The second-order valence-corrected chi connectivity index (χ2v) is 4.83. The summed E-state index contributed by atoms with van der Waals surface area (Å²) in [5.74, 6) is 0. The molecule has 0 aliphatic carbocycles. The summed E-state index contributed by atoms with van der Waals surface area (Å²) in [6, 6.07) is 6.99. The minimum atomic E-state index is -2.55. The maximum Gasteiger partial charge on any atom is 0.280 e. The second-order valence-electron chi connectivity index (χ2n) is 3.59. The highest BCUT2D eigenvalue weighted by Gasteiger charge is 2.13. The number of pyridine rings is 1. The molecule has 0 aliphatic heterocycles. The Balaban J connectivity index is 2.67. The lowest BCUT2D eigenvalue weighted by atomic mass is 10.1. The topological polar surface area (TPSA) is 24.9 Å². The number of fused-ring (bicyclic) bond motifs is 1. The third-order valence-corrected chi connectivity index (χ3v) is 3.05. The molecule has 0 fully saturated rings. The molecule has 1 aromatic heterocycles. The lowest BCUT2D eigenvalue weighted by Gasteiger charge is -2.10. The van der Waals surface area contributed by atoms with Crippen LogP contribution in [0.4, 0.5) is 14.5 Å². The van der Waals surface area contributed by atoms with E-state index in [0.29, 0.717) is 17.7 Å². The first kappa shape index (κ1) is 12.5. The number of hydrogen-bond acceptors (Lipinski definition) is 2. The number of halogens is 3. The first-order valence-corrected chi connectivity index (χ1v) is 6.32. The van der Waals surface area contributed by atoms with Gasteiger partial charge in [-0.3, -0.25) is 0 Å². The first-order chi connectivity index (χ1) is 8.11. The second kappa shape index (κ2) is 5.12. The molecule has 90 valence electrons. The fourth-order valence-corrected chi connectivity index (χ4v) is 2.16. The van der Waals surface area contributed by atoms with E-state index in [1.54, 1.807) is 6.07 Å². The van der Waals surface area contributed by atoms with E-state index in [-0.39, 0.29) is 5.69 Å². The molecule has 2 nitrogen and oxygen atoms in total. The van der Waals surface area contributed by atoms with Crippen molar-refractivity contribution >= 4 is 39.2 Å². The summed E-state index contributed by atoms with van der Waals surface area (Å²) in [6.07, 6.45) is -2.55. The monoisotopic (exact) mass is 348 g/mol. The van der Waals surface area contributed by atoms with Gasteiger partial charge in [0.1, 0.15) is 5.69 Å². The van der Waals surface area contributed by atoms with Gasteiger partial charge in [-0.05, 0) is 53.8 Å². The third-order valence-electron chi connectivity index (χ3n) is 2.38. The normalized spacial score (nSPS) is 11.1. The molecule has 0 radical (unpaired) electrons. The molecule has 2 rings (SSSR count). The van der Waals surface area contributed by atoms with Gasteiger partial charge in [0.15, 0.2) is 0 Å². The van der Waals surface area contributed by atoms with Crippen molar-refractivity contribution in [2.75, 3.05) is 11.9 Å². The Hall–Kier alpha value is -0.980. The van der Waals surface area contributed by atoms with Crippen molar-refractivity contribution in [3.8, 4) is 0 Å². The molecule has 5 heteroatoms. The van der Waals surface area contributed by atoms with Crippen LogP contribution >= 0.6 is 22.6 Å². The van der Waals surface area contributed by atoms with Crippen molar-refractivity contribution in [3.05, 3.63) is 33.5 Å². The smallest absolute Gasteiger partial charge is 0.280 e. The number of hydrogen-bond donors (Lipinski definition) is 1. The van der Waals surface area contributed by atoms with Crippen molar-refractivity contribution in [3.63, 3.8) is 0 Å². The molecule has 0 aliphatic rings. The van der Waals surface area contributed by atoms with Crippen LogP contribution in [0.15, 0.2) is 24.3 Å². The summed E-state index contributed by atoms with van der Waals surface area (Å²) in [4.78, 5) is 3.97. The van der Waals surface area contributed by atoms with Gasteiger partial charge < -0.3 is 5.32 Å². The quantitative estimate of drug-likeness (QED) is 0.841. The molecule has 0 amide bonds. The SMILES string of the molecule is CCNc1cc(C(F)F)nc2ccc(I)cc12. The number of nitrogens with zero attached hydrogens (tertiary/aromatic N) is 1. The zero-order valence-electron chi connectivity index (χ0n) is 9.17. The average molecular weight is 348 g/mol. The van der Waals surface area contributed by atoms with Gasteiger partial charge in [0, 0.05) is 21.2 Å². The van der Waals surface area contributed by atoms with Gasteiger partial charge in [0.25, 0.3) is 6.43 Å². The molecule has 0 spiro atoms. The summed E-state index contributed by atoms with van der Waals surface area (Å²) >= 11 is 2.19. The molecule has 17 heavy (non-hydrogen) atoms. The summed E-state index contributed by atoms with van der Waals surface area (Å²) in [5, 5.41) is 3.97. The van der Waals surface area contributed by atoms with Gasteiger partial charge in [0.05, 0.1) is 5.52 Å². The Labute approximate surface area is 112 Å². The van der Waals surface area contributed by atoms with Crippen molar-refractivity contribution in [2.45, 2.75) is 13.3 Å². The Morgan fingerprint density at radius 1 is 1.35 bits per heavy atom. The molecule has 0 bridgehead atoms. The van der Waals surface area contributed by atoms with Crippen molar-refractivity contribution in [1.82, 2.24) is 4.98 Å². The maximum absolute atomic E-state index is 12.7. The predicted molar refractivity (Wildman–Crippen MR) is 73.6 cm³/mol. The molecule has 1 heterocycles. The Morgan fingerprint density at radius 3 is 2.76 bits per heavy atom. The zero-order valence-corrected chi connectivity index (χ0v) is 11.3. The van der Waals surface area contributed by atoms with Crippen LogP contribution in [0.3, 0.4) is 0 Å². The highest BCUT2D eigenvalue weighted by atomic mass is 127. The standard InChI is InChI=1S/C12H11F2IN2/c1-2-16-10-6-11(12(13)14)17-9-4-3-7(15)5-8(9)10/h3-6,12H,2H2,1H3,(H,16,17). The number of aromatic nitrogens is 1. The zero-order chi connectivity index (χ0) is 12.4. The van der Waals surface area contributed by atoms with Gasteiger partial charge in [0.2, 0.25) is 0 Å². The summed E-state index contributed by atoms with van der Waals surface area (Å²) in [7, 11) is 0. The highest BCUT2D eigenvalue weighted by Crippen LogP contribution is 2.28. The van der Waals surface area contributed by atoms with Crippen LogP contribution in [0, 0.1) is 3.57 Å². The molecule has 0 saturated heterocycles. The fourth-order valence-electron chi connectivity index (χ4n) is 1.67. The lowest BCUT2D eigenvalue weighted by Crippen LogP contribution is -2.01. The number of alkyl halides is 2. The number of rotatable bonds is 3. The van der Waals surface area contributed by atoms with E-state index in [9.17, 15) is 8.78 Å². The molecule has 0 atom stereocenters. The van der Waals surface area contributed by atoms with Gasteiger partial charge in [-0.25, -0.2) is 13.8 Å². The van der Waals surface area contributed by atoms with Crippen molar-refractivity contribution < 1.29 is 8.78 Å². The van der Waals surface area contributed by atoms with E-state index in [0.717, 1.165) is 8.96 Å². The van der Waals surface area contributed by atoms with Gasteiger partial charge in [-0.15, -0.1) is 0 Å². The van der Waals surface area contributed by atoms with Crippen LogP contribution in [0.5, 0.6) is 0 Å². The van der Waals surface area contributed by atoms with Gasteiger partial charge >= 0.3 is 0 Å². The largest absolute Gasteiger partial charge is 0.385 e. The minimum absolute atomic E-state index is 0.186. The van der Waals surface area contributed by atoms with Crippen LogP contribution in [0.2, 0.25) is 0 Å². The van der Waals surface area contributed by atoms with Crippen LogP contribution in [-0.4, -0.2) is 11.5 Å². The Bertz CT molecular complexity index is 543. The Kier molecular flexibility index (Phi) is 3.76. The van der Waals surface area contributed by atoms with Crippen molar-refractivity contribution in [2.24, 2.45) is 0 Å². The fraction of sp³-hybridized carbons (Fsp3) is 0.250. The van der Waals surface area contributed by atoms with Crippen LogP contribution in [-0.2, 0) is 0 Å². The third kappa shape index (κ3) is 2.65. The number of anilines is 1.